The molecule has 0 saturated carbocycles. The lowest BCUT2D eigenvalue weighted by atomic mass is 10.1. The minimum absolute atomic E-state index is 0.198. The molecule has 1 atom stereocenters. The second kappa shape index (κ2) is 9.79. The number of nitrogens with one attached hydrogen (secondary N) is 2. The minimum Gasteiger partial charge on any atom is -0.356 e. The van der Waals surface area contributed by atoms with Crippen LogP contribution in [0.3, 0.4) is 0 Å². The molecule has 2 N–H and O–H groups in total. The maximum absolute atomic E-state index is 13.2. The molecule has 5 heteroatoms. The van der Waals surface area contributed by atoms with Gasteiger partial charge in [-0.3, -0.25) is 4.99 Å². The Bertz CT molecular complexity index is 670. The van der Waals surface area contributed by atoms with Crippen LogP contribution in [0.15, 0.2) is 59.6 Å². The first kappa shape index (κ1) is 18.9. The van der Waals surface area contributed by atoms with Gasteiger partial charge in [-0.25, -0.2) is 4.39 Å². The third-order valence-electron chi connectivity index (χ3n) is 4.09. The molecule has 1 unspecified atom stereocenters. The molecule has 2 aromatic carbocycles. The zero-order valence-electron chi connectivity index (χ0n) is 15.2. The second-order valence-electron chi connectivity index (χ2n) is 6.15. The number of rotatable bonds is 7. The number of benzene rings is 2. The standard InChI is InChI=1S/C20H27FN4/c1-22-20(23-13-12-16-8-7-11-18(21)14-16)24-15-19(25(2)3)17-9-5-4-6-10-17/h4-11,14,19H,12-13,15H2,1-3H3,(H2,22,23,24). The highest BCUT2D eigenvalue weighted by atomic mass is 19.1. The van der Waals surface area contributed by atoms with E-state index in [-0.39, 0.29) is 11.9 Å². The zero-order chi connectivity index (χ0) is 18.1. The van der Waals surface area contributed by atoms with E-state index in [9.17, 15) is 4.39 Å². The number of halogens is 1. The van der Waals surface area contributed by atoms with Gasteiger partial charge < -0.3 is 15.5 Å². The molecule has 0 aromatic heterocycles. The van der Waals surface area contributed by atoms with Crippen molar-refractivity contribution in [3.63, 3.8) is 0 Å². The zero-order valence-corrected chi connectivity index (χ0v) is 15.2. The quantitative estimate of drug-likeness (QED) is 0.600. The summed E-state index contributed by atoms with van der Waals surface area (Å²) in [6.07, 6.45) is 0.744. The predicted octanol–water partition coefficient (Wildman–Crippen LogP) is 2.84. The summed E-state index contributed by atoms with van der Waals surface area (Å²) < 4.78 is 13.2. The van der Waals surface area contributed by atoms with Crippen LogP contribution in [0.4, 0.5) is 4.39 Å². The summed E-state index contributed by atoms with van der Waals surface area (Å²) in [5.74, 6) is 0.552. The first-order valence-electron chi connectivity index (χ1n) is 8.50. The average Bonchev–Trinajstić information content (AvgIpc) is 2.61. The van der Waals surface area contributed by atoms with E-state index in [4.69, 9.17) is 0 Å². The summed E-state index contributed by atoms with van der Waals surface area (Å²) in [4.78, 5) is 6.45. The summed E-state index contributed by atoms with van der Waals surface area (Å²) in [5, 5.41) is 6.65. The van der Waals surface area contributed by atoms with Gasteiger partial charge in [0.05, 0.1) is 6.04 Å². The van der Waals surface area contributed by atoms with Gasteiger partial charge in [0.2, 0.25) is 0 Å². The van der Waals surface area contributed by atoms with Crippen molar-refractivity contribution >= 4 is 5.96 Å². The van der Waals surface area contributed by atoms with E-state index in [2.05, 4.69) is 58.9 Å². The van der Waals surface area contributed by atoms with Crippen molar-refractivity contribution in [2.45, 2.75) is 12.5 Å². The highest BCUT2D eigenvalue weighted by Gasteiger charge is 2.14. The van der Waals surface area contributed by atoms with Crippen LogP contribution >= 0.6 is 0 Å². The maximum atomic E-state index is 13.2. The summed E-state index contributed by atoms with van der Waals surface area (Å²) in [6.45, 7) is 1.44. The molecule has 0 bridgehead atoms. The van der Waals surface area contributed by atoms with Crippen molar-refractivity contribution in [3.8, 4) is 0 Å². The molecular weight excluding hydrogens is 315 g/mol. The van der Waals surface area contributed by atoms with Crippen LogP contribution in [0, 0.1) is 5.82 Å². The Balaban J connectivity index is 1.84. The Labute approximate surface area is 149 Å². The van der Waals surface area contributed by atoms with Gasteiger partial charge in [-0.2, -0.15) is 0 Å². The van der Waals surface area contributed by atoms with E-state index >= 15 is 0 Å². The Morgan fingerprint density at radius 3 is 2.48 bits per heavy atom. The molecule has 2 rings (SSSR count). The topological polar surface area (TPSA) is 39.7 Å². The largest absolute Gasteiger partial charge is 0.356 e. The molecule has 0 aliphatic rings. The van der Waals surface area contributed by atoms with Crippen LogP contribution in [0.2, 0.25) is 0 Å². The summed E-state index contributed by atoms with van der Waals surface area (Å²) in [6, 6.07) is 17.3. The maximum Gasteiger partial charge on any atom is 0.191 e. The van der Waals surface area contributed by atoms with Gasteiger partial charge in [0.15, 0.2) is 5.96 Å². The molecule has 0 fully saturated rings. The van der Waals surface area contributed by atoms with Crippen LogP contribution in [-0.2, 0) is 6.42 Å². The van der Waals surface area contributed by atoms with E-state index < -0.39 is 0 Å². The lowest BCUT2D eigenvalue weighted by molar-refractivity contribution is 0.298. The minimum atomic E-state index is -0.198. The molecule has 0 aliphatic heterocycles. The Morgan fingerprint density at radius 2 is 1.84 bits per heavy atom. The molecule has 0 saturated heterocycles. The lowest BCUT2D eigenvalue weighted by Gasteiger charge is -2.26. The molecule has 0 spiro atoms. The van der Waals surface area contributed by atoms with Gasteiger partial charge >= 0.3 is 0 Å². The first-order valence-corrected chi connectivity index (χ1v) is 8.50. The fraction of sp³-hybridized carbons (Fsp3) is 0.350. The van der Waals surface area contributed by atoms with Crippen LogP contribution in [-0.4, -0.2) is 45.1 Å². The van der Waals surface area contributed by atoms with Crippen molar-refractivity contribution in [2.24, 2.45) is 4.99 Å². The van der Waals surface area contributed by atoms with Crippen LogP contribution in [0.5, 0.6) is 0 Å². The molecule has 0 radical (unpaired) electrons. The van der Waals surface area contributed by atoms with Crippen LogP contribution < -0.4 is 10.6 Å². The Kier molecular flexibility index (Phi) is 7.41. The molecule has 2 aromatic rings. The fourth-order valence-corrected chi connectivity index (χ4v) is 2.71. The highest BCUT2D eigenvalue weighted by molar-refractivity contribution is 5.79. The fourth-order valence-electron chi connectivity index (χ4n) is 2.71. The third kappa shape index (κ3) is 6.19. The van der Waals surface area contributed by atoms with Gasteiger partial charge in [0.25, 0.3) is 0 Å². The number of guanidine groups is 1. The van der Waals surface area contributed by atoms with E-state index in [0.29, 0.717) is 6.54 Å². The molecule has 134 valence electrons. The van der Waals surface area contributed by atoms with Gasteiger partial charge in [-0.1, -0.05) is 42.5 Å². The monoisotopic (exact) mass is 342 g/mol. The average molecular weight is 342 g/mol. The van der Waals surface area contributed by atoms with E-state index in [1.165, 1.54) is 11.6 Å². The van der Waals surface area contributed by atoms with E-state index in [0.717, 1.165) is 24.5 Å². The van der Waals surface area contributed by atoms with Crippen molar-refractivity contribution < 1.29 is 4.39 Å². The van der Waals surface area contributed by atoms with E-state index in [1.54, 1.807) is 19.2 Å². The summed E-state index contributed by atoms with van der Waals surface area (Å²) in [5.41, 5.74) is 2.23. The normalized spacial score (nSPS) is 12.9. The van der Waals surface area contributed by atoms with Crippen molar-refractivity contribution in [1.29, 1.82) is 0 Å². The number of aliphatic imine (C=N–C) groups is 1. The Morgan fingerprint density at radius 1 is 1.08 bits per heavy atom. The molecule has 25 heavy (non-hydrogen) atoms. The van der Waals surface area contributed by atoms with Crippen molar-refractivity contribution in [2.75, 3.05) is 34.2 Å². The van der Waals surface area contributed by atoms with Gasteiger partial charge in [-0.15, -0.1) is 0 Å². The predicted molar refractivity (Wildman–Crippen MR) is 102 cm³/mol. The van der Waals surface area contributed by atoms with Crippen LogP contribution in [0.1, 0.15) is 17.2 Å². The highest BCUT2D eigenvalue weighted by Crippen LogP contribution is 2.16. The van der Waals surface area contributed by atoms with Gasteiger partial charge in [0, 0.05) is 20.1 Å². The van der Waals surface area contributed by atoms with E-state index in [1.807, 2.05) is 12.1 Å². The number of hydrogen-bond donors (Lipinski definition) is 2. The third-order valence-corrected chi connectivity index (χ3v) is 4.09. The molecule has 0 amide bonds. The smallest absolute Gasteiger partial charge is 0.191 e. The Hall–Kier alpha value is -2.40. The lowest BCUT2D eigenvalue weighted by Crippen LogP contribution is -2.42. The number of hydrogen-bond acceptors (Lipinski definition) is 2. The molecular formula is C20H27FN4. The molecule has 4 nitrogen and oxygen atoms in total. The van der Waals surface area contributed by atoms with Gasteiger partial charge in [-0.05, 0) is 43.8 Å². The SMILES string of the molecule is CN=C(NCCc1cccc(F)c1)NCC(c1ccccc1)N(C)C. The van der Waals surface area contributed by atoms with Gasteiger partial charge in [0.1, 0.15) is 5.82 Å². The molecule has 0 aliphatic carbocycles. The second-order valence-corrected chi connectivity index (χ2v) is 6.15. The molecule has 0 heterocycles. The van der Waals surface area contributed by atoms with Crippen LogP contribution in [0.25, 0.3) is 0 Å². The van der Waals surface area contributed by atoms with Crippen molar-refractivity contribution in [3.05, 3.63) is 71.5 Å². The summed E-state index contributed by atoms with van der Waals surface area (Å²) >= 11 is 0. The number of nitrogens with zero attached hydrogens (tertiary/aromatic N) is 2. The number of likely N-dealkylation sites (N-methyl/N-ethyl adjacent to an activating group) is 1. The van der Waals surface area contributed by atoms with Crippen molar-refractivity contribution in [1.82, 2.24) is 15.5 Å². The first-order chi connectivity index (χ1) is 12.1. The summed E-state index contributed by atoms with van der Waals surface area (Å²) in [7, 11) is 5.89.